The summed E-state index contributed by atoms with van der Waals surface area (Å²) in [5, 5.41) is 9.32. The van der Waals surface area contributed by atoms with Gasteiger partial charge in [-0.3, -0.25) is 4.79 Å². The van der Waals surface area contributed by atoms with Gasteiger partial charge in [-0.2, -0.15) is 0 Å². The predicted molar refractivity (Wildman–Crippen MR) is 79.5 cm³/mol. The third-order valence-electron chi connectivity index (χ3n) is 3.60. The summed E-state index contributed by atoms with van der Waals surface area (Å²) in [6.45, 7) is 0.318. The minimum atomic E-state index is -1.08. The summed E-state index contributed by atoms with van der Waals surface area (Å²) in [5.74, 6) is -0.775. The van der Waals surface area contributed by atoms with E-state index >= 15 is 0 Å². The second-order valence-electron chi connectivity index (χ2n) is 5.06. The minimum absolute atomic E-state index is 0.144. The molecule has 6 heteroatoms. The zero-order valence-electron chi connectivity index (χ0n) is 12.2. The first-order valence-corrected chi connectivity index (χ1v) is 7.15. The van der Waals surface area contributed by atoms with Crippen molar-refractivity contribution < 1.29 is 28.5 Å². The van der Waals surface area contributed by atoms with Crippen molar-refractivity contribution in [2.24, 2.45) is 0 Å². The predicted octanol–water partition coefficient (Wildman–Crippen LogP) is 3.19. The summed E-state index contributed by atoms with van der Waals surface area (Å²) < 4.78 is 29.8. The first-order chi connectivity index (χ1) is 11.1. The van der Waals surface area contributed by atoms with Crippen molar-refractivity contribution in [3.05, 3.63) is 53.8 Å². The molecule has 1 N–H and O–H groups in total. The number of hydrogen-bond donors (Lipinski definition) is 1. The van der Waals surface area contributed by atoms with E-state index in [9.17, 15) is 14.3 Å². The van der Waals surface area contributed by atoms with Crippen molar-refractivity contribution in [1.29, 1.82) is 0 Å². The van der Waals surface area contributed by atoms with Gasteiger partial charge in [-0.1, -0.05) is 18.2 Å². The summed E-state index contributed by atoms with van der Waals surface area (Å²) in [7, 11) is 0. The molecule has 0 spiro atoms. The fourth-order valence-electron chi connectivity index (χ4n) is 2.43. The molecule has 0 fully saturated rings. The number of fused-ring (bicyclic) bond motifs is 1. The smallest absolute Gasteiger partial charge is 0.311 e. The van der Waals surface area contributed by atoms with Crippen molar-refractivity contribution in [3.63, 3.8) is 0 Å². The Labute approximate surface area is 132 Å². The highest BCUT2D eigenvalue weighted by Gasteiger charge is 2.23. The molecule has 2 aromatic rings. The average molecular weight is 318 g/mol. The van der Waals surface area contributed by atoms with Gasteiger partial charge in [0.1, 0.15) is 11.6 Å². The van der Waals surface area contributed by atoms with Crippen LogP contribution in [0.25, 0.3) is 0 Å². The van der Waals surface area contributed by atoms with Crippen LogP contribution in [0.15, 0.2) is 42.5 Å². The molecule has 1 aliphatic rings. The van der Waals surface area contributed by atoms with E-state index < -0.39 is 17.7 Å². The van der Waals surface area contributed by atoms with Crippen LogP contribution < -0.4 is 14.2 Å². The first-order valence-electron chi connectivity index (χ1n) is 7.15. The second-order valence-corrected chi connectivity index (χ2v) is 5.06. The molecule has 0 aromatic heterocycles. The zero-order chi connectivity index (χ0) is 16.2. The van der Waals surface area contributed by atoms with Crippen LogP contribution in [0.2, 0.25) is 0 Å². The van der Waals surface area contributed by atoms with Crippen molar-refractivity contribution in [2.75, 3.05) is 13.4 Å². The molecule has 120 valence electrons. The topological polar surface area (TPSA) is 65.0 Å². The molecule has 0 radical (unpaired) electrons. The second kappa shape index (κ2) is 6.56. The van der Waals surface area contributed by atoms with Crippen molar-refractivity contribution >= 4 is 5.97 Å². The van der Waals surface area contributed by atoms with E-state index in [1.807, 2.05) is 0 Å². The minimum Gasteiger partial charge on any atom is -0.493 e. The van der Waals surface area contributed by atoms with Gasteiger partial charge in [0.05, 0.1) is 12.5 Å². The van der Waals surface area contributed by atoms with Crippen LogP contribution in [0.5, 0.6) is 17.2 Å². The Morgan fingerprint density at radius 3 is 2.78 bits per heavy atom. The number of hydrogen-bond acceptors (Lipinski definition) is 4. The van der Waals surface area contributed by atoms with E-state index in [1.54, 1.807) is 24.3 Å². The highest BCUT2D eigenvalue weighted by atomic mass is 19.1. The van der Waals surface area contributed by atoms with Crippen LogP contribution in [0.3, 0.4) is 0 Å². The van der Waals surface area contributed by atoms with Crippen molar-refractivity contribution in [3.8, 4) is 17.2 Å². The largest absolute Gasteiger partial charge is 0.493 e. The van der Waals surface area contributed by atoms with Crippen molar-refractivity contribution in [1.82, 2.24) is 0 Å². The van der Waals surface area contributed by atoms with E-state index in [0.29, 0.717) is 17.2 Å². The Balaban J connectivity index is 1.64. The van der Waals surface area contributed by atoms with Gasteiger partial charge in [0.2, 0.25) is 6.79 Å². The summed E-state index contributed by atoms with van der Waals surface area (Å²) in [5.41, 5.74) is 0.161. The molecular formula is C17H15FO5. The molecular weight excluding hydrogens is 303 g/mol. The van der Waals surface area contributed by atoms with E-state index in [2.05, 4.69) is 0 Å². The van der Waals surface area contributed by atoms with E-state index in [-0.39, 0.29) is 25.4 Å². The third-order valence-corrected chi connectivity index (χ3v) is 3.60. The van der Waals surface area contributed by atoms with Crippen LogP contribution in [-0.2, 0) is 4.79 Å². The maximum Gasteiger partial charge on any atom is 0.311 e. The Morgan fingerprint density at radius 2 is 2.00 bits per heavy atom. The van der Waals surface area contributed by atoms with Crippen LogP contribution in [-0.4, -0.2) is 24.5 Å². The highest BCUT2D eigenvalue weighted by molar-refractivity contribution is 5.76. The number of ether oxygens (including phenoxy) is 3. The number of halogens is 1. The Bertz CT molecular complexity index is 716. The van der Waals surface area contributed by atoms with Gasteiger partial charge in [-0.05, 0) is 24.6 Å². The molecule has 1 heterocycles. The summed E-state index contributed by atoms with van der Waals surface area (Å²) in [6.07, 6.45) is 0.157. The van der Waals surface area contributed by atoms with Gasteiger partial charge >= 0.3 is 5.97 Å². The van der Waals surface area contributed by atoms with Gasteiger partial charge in [-0.25, -0.2) is 4.39 Å². The van der Waals surface area contributed by atoms with Gasteiger partial charge in [0, 0.05) is 11.6 Å². The lowest BCUT2D eigenvalue weighted by Crippen LogP contribution is -2.16. The van der Waals surface area contributed by atoms with Gasteiger partial charge in [0.25, 0.3) is 0 Å². The lowest BCUT2D eigenvalue weighted by atomic mass is 9.96. The van der Waals surface area contributed by atoms with E-state index in [1.165, 1.54) is 18.2 Å². The molecule has 0 aliphatic carbocycles. The van der Waals surface area contributed by atoms with Crippen LogP contribution in [0.1, 0.15) is 17.9 Å². The molecule has 1 aliphatic heterocycles. The highest BCUT2D eigenvalue weighted by Crippen LogP contribution is 2.35. The summed E-state index contributed by atoms with van der Waals surface area (Å²) >= 11 is 0. The number of carboxylic acids is 1. The lowest BCUT2D eigenvalue weighted by molar-refractivity contribution is -0.139. The summed E-state index contributed by atoms with van der Waals surface area (Å²) in [6, 6.07) is 11.0. The monoisotopic (exact) mass is 318 g/mol. The molecule has 1 unspecified atom stereocenters. The first kappa shape index (κ1) is 15.1. The molecule has 0 amide bonds. The Morgan fingerprint density at radius 1 is 1.22 bits per heavy atom. The fourth-order valence-corrected chi connectivity index (χ4v) is 2.43. The molecule has 0 saturated heterocycles. The molecule has 3 rings (SSSR count). The van der Waals surface area contributed by atoms with Crippen LogP contribution >= 0.6 is 0 Å². The normalized spacial score (nSPS) is 13.6. The fraction of sp³-hybridized carbons (Fsp3) is 0.235. The molecule has 1 atom stereocenters. The van der Waals surface area contributed by atoms with Gasteiger partial charge in [-0.15, -0.1) is 0 Å². The van der Waals surface area contributed by atoms with Gasteiger partial charge < -0.3 is 19.3 Å². The van der Waals surface area contributed by atoms with Crippen LogP contribution in [0, 0.1) is 5.82 Å². The molecule has 5 nitrogen and oxygen atoms in total. The number of rotatable bonds is 6. The number of carbonyl (C=O) groups is 1. The number of aliphatic carboxylic acids is 1. The van der Waals surface area contributed by atoms with E-state index in [0.717, 1.165) is 0 Å². The third kappa shape index (κ3) is 3.36. The summed E-state index contributed by atoms with van der Waals surface area (Å²) in [4.78, 5) is 11.4. The Kier molecular flexibility index (Phi) is 4.32. The van der Waals surface area contributed by atoms with E-state index in [4.69, 9.17) is 14.2 Å². The van der Waals surface area contributed by atoms with Gasteiger partial charge in [0.15, 0.2) is 11.5 Å². The quantitative estimate of drug-likeness (QED) is 0.886. The number of benzene rings is 2. The standard InChI is InChI=1S/C17H15FO5/c18-14-4-2-1-3-12(14)13(17(19)20)7-8-21-11-5-6-15-16(9-11)23-10-22-15/h1-6,9,13H,7-8,10H2,(H,19,20). The maximum absolute atomic E-state index is 13.8. The maximum atomic E-state index is 13.8. The molecule has 0 saturated carbocycles. The number of carboxylic acid groups (broad SMARTS) is 1. The Hall–Kier alpha value is -2.76. The van der Waals surface area contributed by atoms with Crippen LogP contribution in [0.4, 0.5) is 4.39 Å². The lowest BCUT2D eigenvalue weighted by Gasteiger charge is -2.14. The zero-order valence-corrected chi connectivity index (χ0v) is 12.2. The molecule has 0 bridgehead atoms. The SMILES string of the molecule is O=C(O)C(CCOc1ccc2c(c1)OCO2)c1ccccc1F. The average Bonchev–Trinajstić information content (AvgIpc) is 3.00. The molecule has 23 heavy (non-hydrogen) atoms. The van der Waals surface area contributed by atoms with Crippen molar-refractivity contribution in [2.45, 2.75) is 12.3 Å². The molecule has 2 aromatic carbocycles.